The van der Waals surface area contributed by atoms with Crippen LogP contribution in [0, 0.1) is 5.92 Å². The Labute approximate surface area is 151 Å². The Balaban J connectivity index is 1.64. The zero-order chi connectivity index (χ0) is 17.1. The highest BCUT2D eigenvalue weighted by Crippen LogP contribution is 2.58. The van der Waals surface area contributed by atoms with Crippen LogP contribution in [0.2, 0.25) is 0 Å². The molecular weight excluding hydrogens is 304 g/mol. The number of hydrogen-bond acceptors (Lipinski definition) is 2. The maximum atomic E-state index is 3.83. The van der Waals surface area contributed by atoms with E-state index >= 15 is 0 Å². The van der Waals surface area contributed by atoms with Crippen molar-refractivity contribution in [3.05, 3.63) is 59.2 Å². The van der Waals surface area contributed by atoms with Crippen LogP contribution in [0.1, 0.15) is 55.2 Å². The molecule has 0 bridgehead atoms. The van der Waals surface area contributed by atoms with Crippen LogP contribution < -0.4 is 10.2 Å². The minimum atomic E-state index is 0.583. The molecule has 5 unspecified atom stereocenters. The summed E-state index contributed by atoms with van der Waals surface area (Å²) in [5.74, 6) is 1.96. The molecule has 25 heavy (non-hydrogen) atoms. The lowest BCUT2D eigenvalue weighted by atomic mass is 9.78. The van der Waals surface area contributed by atoms with Crippen molar-refractivity contribution in [1.29, 1.82) is 0 Å². The Morgan fingerprint density at radius 2 is 1.76 bits per heavy atom. The van der Waals surface area contributed by atoms with Crippen molar-refractivity contribution in [1.82, 2.24) is 0 Å². The number of nitrogens with one attached hydrogen (secondary N) is 1. The molecule has 2 aromatic carbocycles. The van der Waals surface area contributed by atoms with Crippen LogP contribution in [0.5, 0.6) is 0 Å². The smallest absolute Gasteiger partial charge is 0.0410 e. The van der Waals surface area contributed by atoms with E-state index < -0.39 is 0 Å². The summed E-state index contributed by atoms with van der Waals surface area (Å²) in [5, 5.41) is 3.83. The molecule has 2 aliphatic heterocycles. The van der Waals surface area contributed by atoms with Crippen molar-refractivity contribution < 1.29 is 0 Å². The average molecular weight is 332 g/mol. The summed E-state index contributed by atoms with van der Waals surface area (Å²) < 4.78 is 0. The van der Waals surface area contributed by atoms with Crippen LogP contribution in [-0.2, 0) is 6.42 Å². The van der Waals surface area contributed by atoms with Crippen molar-refractivity contribution in [2.45, 2.75) is 57.0 Å². The molecule has 1 N–H and O–H groups in total. The number of fused-ring (bicyclic) bond motifs is 4. The lowest BCUT2D eigenvalue weighted by molar-refractivity contribution is 0.504. The molecule has 130 valence electrons. The third kappa shape index (κ3) is 2.16. The third-order valence-electron chi connectivity index (χ3n) is 6.98. The molecule has 0 saturated heterocycles. The molecule has 2 heteroatoms. The number of para-hydroxylation sites is 2. The van der Waals surface area contributed by atoms with Crippen LogP contribution in [0.15, 0.2) is 42.5 Å². The summed E-state index contributed by atoms with van der Waals surface area (Å²) in [4.78, 5) is 2.54. The first-order valence-corrected chi connectivity index (χ1v) is 9.85. The molecule has 0 radical (unpaired) electrons. The van der Waals surface area contributed by atoms with E-state index in [9.17, 15) is 0 Å². The summed E-state index contributed by atoms with van der Waals surface area (Å²) in [6.45, 7) is 4.78. The number of aryl methyl sites for hydroxylation is 1. The van der Waals surface area contributed by atoms with Crippen LogP contribution in [-0.4, -0.2) is 19.1 Å². The Morgan fingerprint density at radius 1 is 0.960 bits per heavy atom. The average Bonchev–Trinajstić information content (AvgIpc) is 3.09. The summed E-state index contributed by atoms with van der Waals surface area (Å²) in [7, 11) is 2.29. The van der Waals surface area contributed by atoms with E-state index in [1.807, 2.05) is 0 Å². The predicted octanol–water partition coefficient (Wildman–Crippen LogP) is 5.16. The van der Waals surface area contributed by atoms with Crippen molar-refractivity contribution in [3.63, 3.8) is 0 Å². The van der Waals surface area contributed by atoms with E-state index in [1.54, 1.807) is 11.1 Å². The second kappa shape index (κ2) is 5.52. The van der Waals surface area contributed by atoms with Crippen LogP contribution in [0.3, 0.4) is 0 Å². The van der Waals surface area contributed by atoms with Gasteiger partial charge in [0.1, 0.15) is 0 Å². The fourth-order valence-electron chi connectivity index (χ4n) is 5.81. The van der Waals surface area contributed by atoms with E-state index in [0.29, 0.717) is 23.9 Å². The molecule has 2 aromatic rings. The van der Waals surface area contributed by atoms with Crippen molar-refractivity contribution in [2.24, 2.45) is 5.92 Å². The van der Waals surface area contributed by atoms with Gasteiger partial charge in [-0.3, -0.25) is 0 Å². The SMILES string of the molecule is CC1CCc2cccc(C3C(C)CC4C3c3ccccc3N4C)c2N1. The Bertz CT molecular complexity index is 811. The predicted molar refractivity (Wildman–Crippen MR) is 106 cm³/mol. The van der Waals surface area contributed by atoms with E-state index in [-0.39, 0.29) is 0 Å². The number of benzene rings is 2. The molecule has 0 amide bonds. The molecule has 1 aliphatic carbocycles. The molecule has 0 aromatic heterocycles. The molecule has 0 spiro atoms. The first-order chi connectivity index (χ1) is 12.1. The number of rotatable bonds is 1. The molecule has 2 nitrogen and oxygen atoms in total. The maximum Gasteiger partial charge on any atom is 0.0410 e. The van der Waals surface area contributed by atoms with E-state index in [2.05, 4.69) is 73.6 Å². The van der Waals surface area contributed by atoms with Crippen molar-refractivity contribution in [3.8, 4) is 0 Å². The third-order valence-corrected chi connectivity index (χ3v) is 6.98. The van der Waals surface area contributed by atoms with Gasteiger partial charge in [0, 0.05) is 36.4 Å². The van der Waals surface area contributed by atoms with Gasteiger partial charge in [-0.25, -0.2) is 0 Å². The fourth-order valence-corrected chi connectivity index (χ4v) is 5.81. The van der Waals surface area contributed by atoms with Gasteiger partial charge in [0.2, 0.25) is 0 Å². The highest BCUT2D eigenvalue weighted by molar-refractivity contribution is 5.67. The number of hydrogen-bond donors (Lipinski definition) is 1. The van der Waals surface area contributed by atoms with Gasteiger partial charge in [-0.2, -0.15) is 0 Å². The molecule has 3 aliphatic rings. The van der Waals surface area contributed by atoms with Gasteiger partial charge in [0.05, 0.1) is 0 Å². The van der Waals surface area contributed by atoms with Gasteiger partial charge in [0.15, 0.2) is 0 Å². The second-order valence-electron chi connectivity index (χ2n) is 8.47. The van der Waals surface area contributed by atoms with E-state index in [4.69, 9.17) is 0 Å². The molecule has 2 heterocycles. The topological polar surface area (TPSA) is 15.3 Å². The highest BCUT2D eigenvalue weighted by Gasteiger charge is 2.50. The number of likely N-dealkylation sites (N-methyl/N-ethyl adjacent to an activating group) is 1. The quantitative estimate of drug-likeness (QED) is 0.776. The molecule has 5 atom stereocenters. The Kier molecular flexibility index (Phi) is 3.38. The Hall–Kier alpha value is -1.96. The maximum absolute atomic E-state index is 3.83. The lowest BCUT2D eigenvalue weighted by Gasteiger charge is -2.31. The highest BCUT2D eigenvalue weighted by atomic mass is 15.2. The summed E-state index contributed by atoms with van der Waals surface area (Å²) >= 11 is 0. The van der Waals surface area contributed by atoms with Crippen molar-refractivity contribution in [2.75, 3.05) is 17.3 Å². The lowest BCUT2D eigenvalue weighted by Crippen LogP contribution is -2.28. The van der Waals surface area contributed by atoms with Crippen molar-refractivity contribution >= 4 is 11.4 Å². The summed E-state index contributed by atoms with van der Waals surface area (Å²) in [6, 6.07) is 17.3. The first kappa shape index (κ1) is 15.3. The van der Waals surface area contributed by atoms with E-state index in [1.165, 1.54) is 36.2 Å². The van der Waals surface area contributed by atoms with E-state index in [0.717, 1.165) is 5.92 Å². The van der Waals surface area contributed by atoms with Gasteiger partial charge < -0.3 is 10.2 Å². The van der Waals surface area contributed by atoms with Gasteiger partial charge in [-0.05, 0) is 60.8 Å². The number of nitrogens with zero attached hydrogens (tertiary/aromatic N) is 1. The molecule has 5 rings (SSSR count). The zero-order valence-electron chi connectivity index (χ0n) is 15.5. The normalized spacial score (nSPS) is 32.8. The summed E-state index contributed by atoms with van der Waals surface area (Å²) in [5.41, 5.74) is 7.54. The first-order valence-electron chi connectivity index (χ1n) is 9.85. The van der Waals surface area contributed by atoms with Crippen LogP contribution in [0.25, 0.3) is 0 Å². The second-order valence-corrected chi connectivity index (χ2v) is 8.47. The summed E-state index contributed by atoms with van der Waals surface area (Å²) in [6.07, 6.45) is 3.75. The Morgan fingerprint density at radius 3 is 2.64 bits per heavy atom. The minimum absolute atomic E-state index is 0.583. The minimum Gasteiger partial charge on any atom is -0.382 e. The van der Waals surface area contributed by atoms with Gasteiger partial charge >= 0.3 is 0 Å². The number of anilines is 2. The molecular formula is C23H28N2. The fraction of sp³-hybridized carbons (Fsp3) is 0.478. The zero-order valence-corrected chi connectivity index (χ0v) is 15.5. The van der Waals surface area contributed by atoms with Gasteiger partial charge in [-0.1, -0.05) is 43.3 Å². The largest absolute Gasteiger partial charge is 0.382 e. The molecule has 1 fully saturated rings. The van der Waals surface area contributed by atoms with Gasteiger partial charge in [0.25, 0.3) is 0 Å². The van der Waals surface area contributed by atoms with Gasteiger partial charge in [-0.15, -0.1) is 0 Å². The standard InChI is InChI=1S/C23H28N2/c1-14-13-20-22(17-8-4-5-10-19(17)25(20)3)21(14)18-9-6-7-16-12-11-15(2)24-23(16)18/h4-10,14-15,20-22,24H,11-13H2,1-3H3. The molecule has 1 saturated carbocycles. The van der Waals surface area contributed by atoms with Crippen LogP contribution in [0.4, 0.5) is 11.4 Å². The van der Waals surface area contributed by atoms with Crippen LogP contribution >= 0.6 is 0 Å². The monoisotopic (exact) mass is 332 g/mol.